The number of tetrazole rings is 1. The van der Waals surface area contributed by atoms with E-state index in [0.717, 1.165) is 47.5 Å². The average Bonchev–Trinajstić information content (AvgIpc) is 3.32. The fourth-order valence-electron chi connectivity index (χ4n) is 4.91. The number of fused-ring (bicyclic) bond motifs is 1. The number of hydrogen-bond donors (Lipinski definition) is 1. The Hall–Kier alpha value is -3.72. The van der Waals surface area contributed by atoms with Crippen molar-refractivity contribution in [3.8, 4) is 11.5 Å². The molecule has 9 nitrogen and oxygen atoms in total. The summed E-state index contributed by atoms with van der Waals surface area (Å²) in [6, 6.07) is 15.1. The molecule has 2 unspecified atom stereocenters. The van der Waals surface area contributed by atoms with Crippen LogP contribution in [0.2, 0.25) is 0 Å². The van der Waals surface area contributed by atoms with E-state index in [1.165, 1.54) is 6.42 Å². The molecule has 1 aliphatic rings. The molecule has 2 atom stereocenters. The second-order valence-corrected chi connectivity index (χ2v) is 9.19. The molecular weight excluding hydrogens is 444 g/mol. The quantitative estimate of drug-likeness (QED) is 0.438. The average molecular weight is 475 g/mol. The van der Waals surface area contributed by atoms with Gasteiger partial charge in [0.2, 0.25) is 0 Å². The molecule has 5 rings (SSSR count). The zero-order valence-electron chi connectivity index (χ0n) is 20.3. The number of nitrogens with one attached hydrogen (secondary N) is 1. The van der Waals surface area contributed by atoms with E-state index in [0.29, 0.717) is 23.9 Å². The van der Waals surface area contributed by atoms with Gasteiger partial charge in [0.1, 0.15) is 17.5 Å². The maximum atomic E-state index is 13.4. The number of piperidine rings is 1. The van der Waals surface area contributed by atoms with Crippen LogP contribution in [0.1, 0.15) is 42.8 Å². The van der Waals surface area contributed by atoms with Gasteiger partial charge in [-0.1, -0.05) is 19.1 Å². The molecule has 182 valence electrons. The van der Waals surface area contributed by atoms with E-state index in [1.54, 1.807) is 18.9 Å². The third kappa shape index (κ3) is 4.77. The third-order valence-corrected chi connectivity index (χ3v) is 6.72. The van der Waals surface area contributed by atoms with Crippen LogP contribution in [0.3, 0.4) is 0 Å². The van der Waals surface area contributed by atoms with Gasteiger partial charge in [-0.3, -0.25) is 9.69 Å². The lowest BCUT2D eigenvalue weighted by molar-refractivity contribution is 0.141. The first-order valence-corrected chi connectivity index (χ1v) is 11.9. The fourth-order valence-corrected chi connectivity index (χ4v) is 4.91. The van der Waals surface area contributed by atoms with E-state index < -0.39 is 0 Å². The number of ether oxygens (including phenoxy) is 2. The highest BCUT2D eigenvalue weighted by Crippen LogP contribution is 2.31. The molecule has 3 heterocycles. The second-order valence-electron chi connectivity index (χ2n) is 9.19. The summed E-state index contributed by atoms with van der Waals surface area (Å²) >= 11 is 0. The molecule has 1 saturated heterocycles. The Balaban J connectivity index is 1.59. The van der Waals surface area contributed by atoms with Crippen LogP contribution in [0.5, 0.6) is 11.5 Å². The highest BCUT2D eigenvalue weighted by atomic mass is 16.5. The third-order valence-electron chi connectivity index (χ3n) is 6.72. The Morgan fingerprint density at radius 3 is 2.60 bits per heavy atom. The summed E-state index contributed by atoms with van der Waals surface area (Å²) < 4.78 is 12.5. The first kappa shape index (κ1) is 23.0. The van der Waals surface area contributed by atoms with Crippen molar-refractivity contribution in [1.29, 1.82) is 0 Å². The van der Waals surface area contributed by atoms with Crippen LogP contribution in [0, 0.1) is 5.92 Å². The molecular formula is C26H30N6O3. The molecule has 1 aliphatic heterocycles. The summed E-state index contributed by atoms with van der Waals surface area (Å²) in [7, 11) is 3.29. The van der Waals surface area contributed by atoms with Gasteiger partial charge >= 0.3 is 0 Å². The van der Waals surface area contributed by atoms with E-state index in [1.807, 2.05) is 48.5 Å². The molecule has 0 bridgehead atoms. The minimum atomic E-state index is -0.370. The second kappa shape index (κ2) is 9.87. The van der Waals surface area contributed by atoms with Crippen molar-refractivity contribution in [3.05, 3.63) is 75.8 Å². The Kier molecular flexibility index (Phi) is 6.50. The number of likely N-dealkylation sites (tertiary alicyclic amines) is 1. The largest absolute Gasteiger partial charge is 0.497 e. The van der Waals surface area contributed by atoms with Crippen molar-refractivity contribution >= 4 is 10.9 Å². The zero-order valence-corrected chi connectivity index (χ0v) is 20.3. The predicted molar refractivity (Wildman–Crippen MR) is 133 cm³/mol. The van der Waals surface area contributed by atoms with Crippen LogP contribution in [0.15, 0.2) is 53.3 Å². The molecule has 1 fully saturated rings. The predicted octanol–water partition coefficient (Wildman–Crippen LogP) is 3.40. The SMILES string of the molecule is COc1ccc(Cn2nnnc2C(c2cc3cc(OC)ccc3[nH]c2=O)N2CCCC(C)C2)cc1. The number of aromatic nitrogens is 5. The van der Waals surface area contributed by atoms with Crippen molar-refractivity contribution in [1.82, 2.24) is 30.1 Å². The molecule has 0 aliphatic carbocycles. The van der Waals surface area contributed by atoms with Gasteiger partial charge in [-0.05, 0) is 77.7 Å². The van der Waals surface area contributed by atoms with Crippen LogP contribution < -0.4 is 15.0 Å². The zero-order chi connectivity index (χ0) is 24.4. The topological polar surface area (TPSA) is 98.2 Å². The minimum absolute atomic E-state index is 0.134. The van der Waals surface area contributed by atoms with Crippen LogP contribution in [0.4, 0.5) is 0 Å². The number of rotatable bonds is 7. The summed E-state index contributed by atoms with van der Waals surface area (Å²) in [6.07, 6.45) is 2.24. The van der Waals surface area contributed by atoms with Gasteiger partial charge in [0.15, 0.2) is 5.82 Å². The number of benzene rings is 2. The number of aromatic amines is 1. The Morgan fingerprint density at radius 1 is 1.09 bits per heavy atom. The number of methoxy groups -OCH3 is 2. The van der Waals surface area contributed by atoms with Gasteiger partial charge in [-0.25, -0.2) is 4.68 Å². The van der Waals surface area contributed by atoms with E-state index >= 15 is 0 Å². The molecule has 0 spiro atoms. The van der Waals surface area contributed by atoms with E-state index in [4.69, 9.17) is 9.47 Å². The maximum Gasteiger partial charge on any atom is 0.253 e. The number of pyridine rings is 1. The van der Waals surface area contributed by atoms with Crippen LogP contribution >= 0.6 is 0 Å². The Morgan fingerprint density at radius 2 is 1.86 bits per heavy atom. The van der Waals surface area contributed by atoms with Crippen molar-refractivity contribution in [2.75, 3.05) is 27.3 Å². The summed E-state index contributed by atoms with van der Waals surface area (Å²) in [5.74, 6) is 2.71. The Bertz CT molecular complexity index is 1360. The van der Waals surface area contributed by atoms with E-state index in [2.05, 4.69) is 32.3 Å². The number of H-pyrrole nitrogens is 1. The number of hydrogen-bond acceptors (Lipinski definition) is 7. The van der Waals surface area contributed by atoms with Gasteiger partial charge in [0.05, 0.1) is 20.8 Å². The highest BCUT2D eigenvalue weighted by Gasteiger charge is 2.32. The van der Waals surface area contributed by atoms with Crippen LogP contribution in [-0.4, -0.2) is 57.4 Å². The molecule has 0 amide bonds. The molecule has 4 aromatic rings. The van der Waals surface area contributed by atoms with Gasteiger partial charge in [0.25, 0.3) is 5.56 Å². The lowest BCUT2D eigenvalue weighted by Crippen LogP contribution is -2.41. The van der Waals surface area contributed by atoms with Crippen LogP contribution in [-0.2, 0) is 6.54 Å². The molecule has 1 N–H and O–H groups in total. The smallest absolute Gasteiger partial charge is 0.253 e. The highest BCUT2D eigenvalue weighted by molar-refractivity contribution is 5.80. The first-order valence-electron chi connectivity index (χ1n) is 11.9. The molecule has 2 aromatic carbocycles. The Labute approximate surface area is 203 Å². The summed E-state index contributed by atoms with van der Waals surface area (Å²) in [6.45, 7) is 4.49. The summed E-state index contributed by atoms with van der Waals surface area (Å²) in [5.41, 5.74) is 2.31. The lowest BCUT2D eigenvalue weighted by Gasteiger charge is -2.36. The van der Waals surface area contributed by atoms with Gasteiger partial charge in [-0.2, -0.15) is 0 Å². The lowest BCUT2D eigenvalue weighted by atomic mass is 9.95. The van der Waals surface area contributed by atoms with Crippen molar-refractivity contribution in [2.45, 2.75) is 32.4 Å². The molecule has 0 saturated carbocycles. The molecule has 2 aromatic heterocycles. The van der Waals surface area contributed by atoms with E-state index in [9.17, 15) is 4.79 Å². The fraction of sp³-hybridized carbons (Fsp3) is 0.385. The molecule has 0 radical (unpaired) electrons. The van der Waals surface area contributed by atoms with E-state index in [-0.39, 0.29) is 11.6 Å². The molecule has 9 heteroatoms. The van der Waals surface area contributed by atoms with Gasteiger partial charge < -0.3 is 14.5 Å². The first-order chi connectivity index (χ1) is 17.1. The number of nitrogens with zero attached hydrogens (tertiary/aromatic N) is 5. The monoisotopic (exact) mass is 474 g/mol. The normalized spacial score (nSPS) is 17.4. The van der Waals surface area contributed by atoms with Crippen molar-refractivity contribution in [3.63, 3.8) is 0 Å². The maximum absolute atomic E-state index is 13.4. The van der Waals surface area contributed by atoms with Gasteiger partial charge in [0, 0.05) is 23.0 Å². The summed E-state index contributed by atoms with van der Waals surface area (Å²) in [4.78, 5) is 18.8. The molecule has 35 heavy (non-hydrogen) atoms. The standard InChI is InChI=1S/C26H30N6O3/c1-17-5-4-12-31(15-17)24(22-14-19-13-21(35-3)10-11-23(19)27-26(22)33)25-28-29-30-32(25)16-18-6-8-20(34-2)9-7-18/h6-11,13-14,17,24H,4-5,12,15-16H2,1-3H3,(H,27,33). The van der Waals surface area contributed by atoms with Gasteiger partial charge in [-0.15, -0.1) is 5.10 Å². The van der Waals surface area contributed by atoms with Crippen molar-refractivity contribution < 1.29 is 9.47 Å². The van der Waals surface area contributed by atoms with Crippen molar-refractivity contribution in [2.24, 2.45) is 5.92 Å². The summed E-state index contributed by atoms with van der Waals surface area (Å²) in [5, 5.41) is 13.7. The minimum Gasteiger partial charge on any atom is -0.497 e. The van der Waals surface area contributed by atoms with Crippen LogP contribution in [0.25, 0.3) is 10.9 Å².